The molecule has 0 unspecified atom stereocenters. The zero-order valence-electron chi connectivity index (χ0n) is 12.4. The van der Waals surface area contributed by atoms with E-state index in [-0.39, 0.29) is 18.1 Å². The van der Waals surface area contributed by atoms with Gasteiger partial charge in [-0.15, -0.1) is 0 Å². The maximum Gasteiger partial charge on any atom is 0.240 e. The summed E-state index contributed by atoms with van der Waals surface area (Å²) in [6.07, 6.45) is 12.5. The topological polar surface area (TPSA) is 69.0 Å². The van der Waals surface area contributed by atoms with E-state index in [1.807, 2.05) is 29.1 Å². The van der Waals surface area contributed by atoms with Gasteiger partial charge in [-0.1, -0.05) is 0 Å². The van der Waals surface area contributed by atoms with Crippen LogP contribution in [0.3, 0.4) is 0 Å². The van der Waals surface area contributed by atoms with Crippen molar-refractivity contribution >= 4 is 5.91 Å². The average molecular weight is 300 g/mol. The van der Waals surface area contributed by atoms with Gasteiger partial charge in [0.1, 0.15) is 12.6 Å². The van der Waals surface area contributed by atoms with Gasteiger partial charge < -0.3 is 14.6 Å². The summed E-state index contributed by atoms with van der Waals surface area (Å²) in [4.78, 5) is 20.1. The van der Waals surface area contributed by atoms with Crippen LogP contribution < -0.4 is 10.1 Å². The zero-order valence-corrected chi connectivity index (χ0v) is 12.4. The van der Waals surface area contributed by atoms with E-state index in [0.717, 1.165) is 25.7 Å². The van der Waals surface area contributed by atoms with Crippen molar-refractivity contribution in [2.75, 3.05) is 0 Å². The lowest BCUT2D eigenvalue weighted by Crippen LogP contribution is -2.41. The Bertz CT molecular complexity index is 577. The predicted molar refractivity (Wildman–Crippen MR) is 81.3 cm³/mol. The zero-order chi connectivity index (χ0) is 15.2. The summed E-state index contributed by atoms with van der Waals surface area (Å²) in [5.41, 5.74) is 0. The number of carbonyl (C=O) groups excluding carboxylic acids is 1. The molecule has 0 radical (unpaired) electrons. The first-order chi connectivity index (χ1) is 10.8. The van der Waals surface area contributed by atoms with Gasteiger partial charge in [-0.2, -0.15) is 0 Å². The van der Waals surface area contributed by atoms with Gasteiger partial charge in [-0.3, -0.25) is 9.78 Å². The molecule has 2 aromatic heterocycles. The molecule has 1 amide bonds. The first-order valence-electron chi connectivity index (χ1n) is 7.62. The lowest BCUT2D eigenvalue weighted by atomic mass is 9.93. The smallest absolute Gasteiger partial charge is 0.240 e. The molecule has 1 aliphatic carbocycles. The Morgan fingerprint density at radius 3 is 2.68 bits per heavy atom. The molecule has 116 valence electrons. The number of nitrogens with one attached hydrogen (secondary N) is 1. The van der Waals surface area contributed by atoms with Crippen LogP contribution in [0.25, 0.3) is 0 Å². The molecule has 22 heavy (non-hydrogen) atoms. The summed E-state index contributed by atoms with van der Waals surface area (Å²) in [5.74, 6) is 0.636. The van der Waals surface area contributed by atoms with E-state index in [4.69, 9.17) is 4.74 Å². The van der Waals surface area contributed by atoms with Crippen molar-refractivity contribution in [1.29, 1.82) is 0 Å². The van der Waals surface area contributed by atoms with E-state index in [1.165, 1.54) is 0 Å². The van der Waals surface area contributed by atoms with Gasteiger partial charge in [-0.05, 0) is 37.8 Å². The number of hydrogen-bond donors (Lipinski definition) is 1. The maximum atomic E-state index is 12.0. The van der Waals surface area contributed by atoms with Gasteiger partial charge in [0.15, 0.2) is 0 Å². The molecule has 1 fully saturated rings. The fourth-order valence-corrected chi connectivity index (χ4v) is 2.76. The van der Waals surface area contributed by atoms with Gasteiger partial charge in [0, 0.05) is 30.8 Å². The molecule has 3 rings (SSSR count). The summed E-state index contributed by atoms with van der Waals surface area (Å²) < 4.78 is 7.68. The Morgan fingerprint density at radius 2 is 2.00 bits per heavy atom. The first kappa shape index (κ1) is 14.6. The maximum absolute atomic E-state index is 12.0. The normalized spacial score (nSPS) is 21.3. The minimum absolute atomic E-state index is 0.0643. The van der Waals surface area contributed by atoms with Crippen LogP contribution in [-0.2, 0) is 11.3 Å². The third kappa shape index (κ3) is 4.07. The summed E-state index contributed by atoms with van der Waals surface area (Å²) in [6, 6.07) is 4.08. The second-order valence-corrected chi connectivity index (χ2v) is 5.56. The van der Waals surface area contributed by atoms with Gasteiger partial charge in [-0.25, -0.2) is 4.98 Å². The molecule has 6 nitrogen and oxygen atoms in total. The number of nitrogens with zero attached hydrogens (tertiary/aromatic N) is 3. The Morgan fingerprint density at radius 1 is 1.23 bits per heavy atom. The summed E-state index contributed by atoms with van der Waals surface area (Å²) >= 11 is 0. The van der Waals surface area contributed by atoms with E-state index in [2.05, 4.69) is 15.3 Å². The van der Waals surface area contributed by atoms with E-state index in [1.54, 1.807) is 18.6 Å². The molecule has 0 bridgehead atoms. The summed E-state index contributed by atoms with van der Waals surface area (Å²) in [5, 5.41) is 3.10. The highest BCUT2D eigenvalue weighted by Gasteiger charge is 2.23. The average Bonchev–Trinajstić information content (AvgIpc) is 3.03. The second-order valence-electron chi connectivity index (χ2n) is 5.56. The van der Waals surface area contributed by atoms with Crippen LogP contribution in [0.15, 0.2) is 43.1 Å². The minimum atomic E-state index is 0.0643. The largest absolute Gasteiger partial charge is 0.473 e. The SMILES string of the molecule is O=C(Cn1cccc1)NC1CCC(Oc2cnccn2)CC1. The molecular weight excluding hydrogens is 280 g/mol. The molecule has 1 aliphatic rings. The molecule has 1 N–H and O–H groups in total. The number of hydrogen-bond acceptors (Lipinski definition) is 4. The molecule has 0 saturated heterocycles. The van der Waals surface area contributed by atoms with Crippen LogP contribution in [0.1, 0.15) is 25.7 Å². The fraction of sp³-hybridized carbons (Fsp3) is 0.438. The Labute approximate surface area is 129 Å². The van der Waals surface area contributed by atoms with Crippen LogP contribution in [0.5, 0.6) is 5.88 Å². The number of ether oxygens (including phenoxy) is 1. The molecule has 1 saturated carbocycles. The van der Waals surface area contributed by atoms with Crippen molar-refractivity contribution in [3.8, 4) is 5.88 Å². The Balaban J connectivity index is 1.41. The van der Waals surface area contributed by atoms with Crippen molar-refractivity contribution in [3.05, 3.63) is 43.1 Å². The molecule has 0 spiro atoms. The highest BCUT2D eigenvalue weighted by molar-refractivity contribution is 5.76. The van der Waals surface area contributed by atoms with E-state index in [9.17, 15) is 4.79 Å². The van der Waals surface area contributed by atoms with Crippen molar-refractivity contribution in [2.45, 2.75) is 44.4 Å². The third-order valence-corrected chi connectivity index (χ3v) is 3.86. The number of carbonyl (C=O) groups is 1. The molecule has 0 aliphatic heterocycles. The fourth-order valence-electron chi connectivity index (χ4n) is 2.76. The summed E-state index contributed by atoms with van der Waals surface area (Å²) in [7, 11) is 0. The lowest BCUT2D eigenvalue weighted by Gasteiger charge is -2.29. The van der Waals surface area contributed by atoms with E-state index >= 15 is 0 Å². The molecule has 6 heteroatoms. The monoisotopic (exact) mass is 300 g/mol. The van der Waals surface area contributed by atoms with Gasteiger partial charge in [0.05, 0.1) is 6.20 Å². The molecule has 0 atom stereocenters. The van der Waals surface area contributed by atoms with Crippen molar-refractivity contribution < 1.29 is 9.53 Å². The van der Waals surface area contributed by atoms with E-state index in [0.29, 0.717) is 12.4 Å². The Hall–Kier alpha value is -2.37. The summed E-state index contributed by atoms with van der Waals surface area (Å²) in [6.45, 7) is 0.378. The molecule has 2 heterocycles. The van der Waals surface area contributed by atoms with Crippen LogP contribution in [0, 0.1) is 0 Å². The second kappa shape index (κ2) is 7.06. The van der Waals surface area contributed by atoms with Crippen LogP contribution in [0.2, 0.25) is 0 Å². The van der Waals surface area contributed by atoms with Gasteiger partial charge >= 0.3 is 0 Å². The molecule has 2 aromatic rings. The van der Waals surface area contributed by atoms with Crippen LogP contribution in [0.4, 0.5) is 0 Å². The number of amides is 1. The van der Waals surface area contributed by atoms with Crippen LogP contribution >= 0.6 is 0 Å². The highest BCUT2D eigenvalue weighted by atomic mass is 16.5. The van der Waals surface area contributed by atoms with Crippen molar-refractivity contribution in [3.63, 3.8) is 0 Å². The molecule has 0 aromatic carbocycles. The first-order valence-corrected chi connectivity index (χ1v) is 7.62. The van der Waals surface area contributed by atoms with Crippen LogP contribution in [-0.4, -0.2) is 32.6 Å². The number of aromatic nitrogens is 3. The number of rotatable bonds is 5. The lowest BCUT2D eigenvalue weighted by molar-refractivity contribution is -0.122. The Kier molecular flexibility index (Phi) is 4.68. The van der Waals surface area contributed by atoms with Gasteiger partial charge in [0.25, 0.3) is 0 Å². The van der Waals surface area contributed by atoms with Gasteiger partial charge in [0.2, 0.25) is 11.8 Å². The molecular formula is C16H20N4O2. The highest BCUT2D eigenvalue weighted by Crippen LogP contribution is 2.22. The van der Waals surface area contributed by atoms with Crippen molar-refractivity contribution in [1.82, 2.24) is 19.9 Å². The standard InChI is InChI=1S/C16H20N4O2/c21-15(12-20-9-1-2-10-20)19-13-3-5-14(6-4-13)22-16-11-17-7-8-18-16/h1-2,7-11,13-14H,3-6,12H2,(H,19,21). The third-order valence-electron chi connectivity index (χ3n) is 3.86. The van der Waals surface area contributed by atoms with E-state index < -0.39 is 0 Å². The minimum Gasteiger partial charge on any atom is -0.473 e. The predicted octanol–water partition coefficient (Wildman–Crippen LogP) is 1.78. The quantitative estimate of drug-likeness (QED) is 0.914. The van der Waals surface area contributed by atoms with Crippen molar-refractivity contribution in [2.24, 2.45) is 0 Å².